The molecule has 1 saturated heterocycles. The maximum atomic E-state index is 12.8. The minimum atomic E-state index is -4.39. The SMILES string of the molecule is O=C(CN1CCCc2cc(C(F)(F)F)ccc21)N[C@@H]1CCS(=O)(=O)C1. The van der Waals surface area contributed by atoms with E-state index in [1.807, 2.05) is 0 Å². The van der Waals surface area contributed by atoms with Crippen LogP contribution >= 0.6 is 0 Å². The van der Waals surface area contributed by atoms with E-state index in [0.717, 1.165) is 12.1 Å². The van der Waals surface area contributed by atoms with Crippen LogP contribution in [0.4, 0.5) is 18.9 Å². The smallest absolute Gasteiger partial charge is 0.362 e. The molecule has 0 spiro atoms. The van der Waals surface area contributed by atoms with Crippen LogP contribution in [0.25, 0.3) is 0 Å². The molecule has 2 heterocycles. The van der Waals surface area contributed by atoms with Crippen LogP contribution < -0.4 is 10.2 Å². The van der Waals surface area contributed by atoms with Crippen LogP contribution in [0.15, 0.2) is 18.2 Å². The molecule has 0 aliphatic carbocycles. The zero-order chi connectivity index (χ0) is 18.2. The van der Waals surface area contributed by atoms with E-state index in [-0.39, 0.29) is 30.0 Å². The molecule has 25 heavy (non-hydrogen) atoms. The van der Waals surface area contributed by atoms with E-state index in [0.29, 0.717) is 37.1 Å². The lowest BCUT2D eigenvalue weighted by atomic mass is 9.99. The number of nitrogens with zero attached hydrogens (tertiary/aromatic N) is 1. The van der Waals surface area contributed by atoms with Crippen molar-refractivity contribution in [3.05, 3.63) is 29.3 Å². The number of rotatable bonds is 3. The van der Waals surface area contributed by atoms with Crippen molar-refractivity contribution in [2.75, 3.05) is 29.5 Å². The molecule has 1 amide bonds. The van der Waals surface area contributed by atoms with Crippen LogP contribution in [0.1, 0.15) is 24.0 Å². The summed E-state index contributed by atoms with van der Waals surface area (Å²) < 4.78 is 61.4. The Hall–Kier alpha value is -1.77. The fourth-order valence-corrected chi connectivity index (χ4v) is 5.04. The van der Waals surface area contributed by atoms with Gasteiger partial charge in [-0.15, -0.1) is 0 Å². The molecule has 0 saturated carbocycles. The molecule has 138 valence electrons. The highest BCUT2D eigenvalue weighted by molar-refractivity contribution is 7.91. The number of aryl methyl sites for hydroxylation is 1. The van der Waals surface area contributed by atoms with Gasteiger partial charge in [0.15, 0.2) is 9.84 Å². The zero-order valence-electron chi connectivity index (χ0n) is 13.5. The van der Waals surface area contributed by atoms with Crippen molar-refractivity contribution >= 4 is 21.4 Å². The van der Waals surface area contributed by atoms with Gasteiger partial charge in [-0.1, -0.05) is 0 Å². The number of anilines is 1. The van der Waals surface area contributed by atoms with E-state index < -0.39 is 21.6 Å². The number of hydrogen-bond donors (Lipinski definition) is 1. The fraction of sp³-hybridized carbons (Fsp3) is 0.562. The topological polar surface area (TPSA) is 66.5 Å². The third-order valence-electron chi connectivity index (χ3n) is 4.55. The average Bonchev–Trinajstić information content (AvgIpc) is 2.84. The number of nitrogens with one attached hydrogen (secondary N) is 1. The Morgan fingerprint density at radius 2 is 2.08 bits per heavy atom. The van der Waals surface area contributed by atoms with E-state index >= 15 is 0 Å². The number of benzene rings is 1. The number of hydrogen-bond acceptors (Lipinski definition) is 4. The highest BCUT2D eigenvalue weighted by Crippen LogP contribution is 2.35. The molecular weight excluding hydrogens is 357 g/mol. The van der Waals surface area contributed by atoms with Gasteiger partial charge in [0.25, 0.3) is 0 Å². The van der Waals surface area contributed by atoms with Crippen LogP contribution in [0, 0.1) is 0 Å². The maximum absolute atomic E-state index is 12.8. The Bertz CT molecular complexity index is 777. The monoisotopic (exact) mass is 376 g/mol. The number of carbonyl (C=O) groups is 1. The minimum absolute atomic E-state index is 0.00884. The van der Waals surface area contributed by atoms with Gasteiger partial charge in [-0.2, -0.15) is 13.2 Å². The molecule has 2 aliphatic rings. The number of amides is 1. The van der Waals surface area contributed by atoms with Crippen LogP contribution in [-0.2, 0) is 27.2 Å². The molecule has 0 aromatic heterocycles. The number of sulfone groups is 1. The minimum Gasteiger partial charge on any atom is -0.362 e. The predicted molar refractivity (Wildman–Crippen MR) is 87.2 cm³/mol. The lowest BCUT2D eigenvalue weighted by molar-refractivity contribution is -0.137. The quantitative estimate of drug-likeness (QED) is 0.873. The number of halogens is 3. The third-order valence-corrected chi connectivity index (χ3v) is 6.32. The van der Waals surface area contributed by atoms with Gasteiger partial charge in [0.1, 0.15) is 0 Å². The summed E-state index contributed by atoms with van der Waals surface area (Å²) in [5, 5.41) is 2.71. The fourth-order valence-electron chi connectivity index (χ4n) is 3.37. The van der Waals surface area contributed by atoms with Gasteiger partial charge in [-0.05, 0) is 43.0 Å². The van der Waals surface area contributed by atoms with Crippen LogP contribution in [0.5, 0.6) is 0 Å². The lowest BCUT2D eigenvalue weighted by Crippen LogP contribution is -2.44. The Kier molecular flexibility index (Phi) is 4.70. The van der Waals surface area contributed by atoms with Crippen molar-refractivity contribution in [1.29, 1.82) is 0 Å². The van der Waals surface area contributed by atoms with E-state index in [2.05, 4.69) is 5.32 Å². The number of fused-ring (bicyclic) bond motifs is 1. The number of alkyl halides is 3. The van der Waals surface area contributed by atoms with Gasteiger partial charge in [0.05, 0.1) is 23.6 Å². The first-order valence-electron chi connectivity index (χ1n) is 8.09. The summed E-state index contributed by atoms with van der Waals surface area (Å²) in [6.45, 7) is 0.587. The van der Waals surface area contributed by atoms with Crippen molar-refractivity contribution < 1.29 is 26.4 Å². The average molecular weight is 376 g/mol. The molecule has 0 radical (unpaired) electrons. The second-order valence-electron chi connectivity index (χ2n) is 6.53. The van der Waals surface area contributed by atoms with Gasteiger partial charge in [0, 0.05) is 18.3 Å². The summed E-state index contributed by atoms with van der Waals surface area (Å²) >= 11 is 0. The first-order chi connectivity index (χ1) is 11.6. The standard InChI is InChI=1S/C16H19F3N2O3S/c17-16(18,19)12-3-4-14-11(8-12)2-1-6-21(14)9-15(22)20-13-5-7-25(23,24)10-13/h3-4,8,13H,1-2,5-7,9-10H2,(H,20,22)/t13-/m1/s1. The highest BCUT2D eigenvalue weighted by atomic mass is 32.2. The first-order valence-corrected chi connectivity index (χ1v) is 9.91. The van der Waals surface area contributed by atoms with E-state index in [1.165, 1.54) is 6.07 Å². The zero-order valence-corrected chi connectivity index (χ0v) is 14.3. The second kappa shape index (κ2) is 6.51. The lowest BCUT2D eigenvalue weighted by Gasteiger charge is -2.31. The van der Waals surface area contributed by atoms with Gasteiger partial charge < -0.3 is 10.2 Å². The molecule has 1 fully saturated rings. The van der Waals surface area contributed by atoms with Crippen LogP contribution in [-0.4, -0.2) is 45.0 Å². The Labute approximate surface area is 144 Å². The number of carbonyl (C=O) groups excluding carboxylic acids is 1. The van der Waals surface area contributed by atoms with Crippen molar-refractivity contribution in [1.82, 2.24) is 5.32 Å². The van der Waals surface area contributed by atoms with Crippen molar-refractivity contribution in [2.45, 2.75) is 31.5 Å². The van der Waals surface area contributed by atoms with Crippen molar-refractivity contribution in [3.63, 3.8) is 0 Å². The summed E-state index contributed by atoms with van der Waals surface area (Å²) in [7, 11) is -3.08. The van der Waals surface area contributed by atoms with E-state index in [9.17, 15) is 26.4 Å². The molecular formula is C16H19F3N2O3S. The van der Waals surface area contributed by atoms with Crippen molar-refractivity contribution in [3.8, 4) is 0 Å². The molecule has 3 rings (SSSR count). The van der Waals surface area contributed by atoms with Crippen molar-refractivity contribution in [2.24, 2.45) is 0 Å². The molecule has 1 aromatic rings. The Morgan fingerprint density at radius 3 is 2.72 bits per heavy atom. The summed E-state index contributed by atoms with van der Waals surface area (Å²) in [6, 6.07) is 3.20. The molecule has 1 N–H and O–H groups in total. The summed E-state index contributed by atoms with van der Waals surface area (Å²) in [4.78, 5) is 13.9. The van der Waals surface area contributed by atoms with Gasteiger partial charge in [0.2, 0.25) is 5.91 Å². The van der Waals surface area contributed by atoms with E-state index in [1.54, 1.807) is 4.90 Å². The van der Waals surface area contributed by atoms with E-state index in [4.69, 9.17) is 0 Å². The summed E-state index contributed by atoms with van der Waals surface area (Å²) in [5.74, 6) is -0.288. The van der Waals surface area contributed by atoms with Gasteiger partial charge in [-0.3, -0.25) is 4.79 Å². The molecule has 0 unspecified atom stereocenters. The molecule has 1 aromatic carbocycles. The molecule has 9 heteroatoms. The van der Waals surface area contributed by atoms with Crippen LogP contribution in [0.2, 0.25) is 0 Å². The van der Waals surface area contributed by atoms with Gasteiger partial charge in [-0.25, -0.2) is 8.42 Å². The largest absolute Gasteiger partial charge is 0.416 e. The summed E-state index contributed by atoms with van der Waals surface area (Å²) in [5.41, 5.74) is 0.527. The normalized spacial score (nSPS) is 22.5. The predicted octanol–water partition coefficient (Wildman–Crippen LogP) is 1.76. The Balaban J connectivity index is 1.68. The van der Waals surface area contributed by atoms with Crippen LogP contribution in [0.3, 0.4) is 0 Å². The molecule has 5 nitrogen and oxygen atoms in total. The van der Waals surface area contributed by atoms with Gasteiger partial charge >= 0.3 is 6.18 Å². The summed E-state index contributed by atoms with van der Waals surface area (Å²) in [6.07, 6.45) is -2.78. The third kappa shape index (κ3) is 4.26. The second-order valence-corrected chi connectivity index (χ2v) is 8.76. The maximum Gasteiger partial charge on any atom is 0.416 e. The first kappa shape index (κ1) is 18.0. The molecule has 1 atom stereocenters. The highest BCUT2D eigenvalue weighted by Gasteiger charge is 2.33. The molecule has 0 bridgehead atoms. The Morgan fingerprint density at radius 1 is 1.32 bits per heavy atom. The molecule has 2 aliphatic heterocycles.